The summed E-state index contributed by atoms with van der Waals surface area (Å²) in [7, 11) is 1.59. The minimum atomic E-state index is 0.582. The minimum Gasteiger partial charge on any atom is -0.383 e. The molecule has 0 saturated heterocycles. The molecule has 3 nitrogen and oxygen atoms in total. The van der Waals surface area contributed by atoms with Gasteiger partial charge in [0.1, 0.15) is 0 Å². The second-order valence-electron chi connectivity index (χ2n) is 2.22. The molecule has 13 heavy (non-hydrogen) atoms. The number of hydrogen-bond donors (Lipinski definition) is 1. The Morgan fingerprint density at radius 3 is 1.92 bits per heavy atom. The standard InChI is InChI=1S/C6H6.C4H9NO2/c1-2-4-6-5-3-1;1-7-3-2-5-4-6/h1-6H;4H,2-3H2,1H3,(H,5,6). The number of amides is 1. The van der Waals surface area contributed by atoms with Gasteiger partial charge in [-0.15, -0.1) is 0 Å². The van der Waals surface area contributed by atoms with Crippen LogP contribution in [0.4, 0.5) is 0 Å². The molecule has 0 aliphatic carbocycles. The summed E-state index contributed by atoms with van der Waals surface area (Å²) in [5, 5.41) is 2.44. The maximum atomic E-state index is 9.51. The predicted octanol–water partition coefficient (Wildman–Crippen LogP) is 1.07. The molecule has 0 aliphatic rings. The van der Waals surface area contributed by atoms with Crippen LogP contribution in [-0.2, 0) is 9.53 Å². The maximum Gasteiger partial charge on any atom is 0.207 e. The summed E-state index contributed by atoms with van der Waals surface area (Å²) < 4.78 is 4.62. The summed E-state index contributed by atoms with van der Waals surface area (Å²) in [4.78, 5) is 9.51. The van der Waals surface area contributed by atoms with Gasteiger partial charge in [0, 0.05) is 13.7 Å². The molecule has 0 atom stereocenters. The van der Waals surface area contributed by atoms with Crippen LogP contribution in [0.15, 0.2) is 36.4 Å². The van der Waals surface area contributed by atoms with Crippen LogP contribution in [0.3, 0.4) is 0 Å². The summed E-state index contributed by atoms with van der Waals surface area (Å²) in [6, 6.07) is 12.0. The average molecular weight is 181 g/mol. The smallest absolute Gasteiger partial charge is 0.207 e. The summed E-state index contributed by atoms with van der Waals surface area (Å²) in [6.45, 7) is 1.18. The summed E-state index contributed by atoms with van der Waals surface area (Å²) in [5.74, 6) is 0. The number of benzene rings is 1. The fraction of sp³-hybridized carbons (Fsp3) is 0.300. The van der Waals surface area contributed by atoms with E-state index in [-0.39, 0.29) is 0 Å². The van der Waals surface area contributed by atoms with Crippen LogP contribution in [0.1, 0.15) is 0 Å². The molecule has 1 rings (SSSR count). The third-order valence-corrected chi connectivity index (χ3v) is 1.20. The molecule has 0 heterocycles. The molecule has 0 aliphatic heterocycles. The van der Waals surface area contributed by atoms with Gasteiger partial charge in [-0.1, -0.05) is 36.4 Å². The highest BCUT2D eigenvalue weighted by atomic mass is 16.5. The molecule has 1 aromatic carbocycles. The van der Waals surface area contributed by atoms with Crippen LogP contribution in [0.2, 0.25) is 0 Å². The van der Waals surface area contributed by atoms with Crippen LogP contribution < -0.4 is 5.32 Å². The minimum absolute atomic E-state index is 0.582. The Balaban J connectivity index is 0.000000223. The van der Waals surface area contributed by atoms with Gasteiger partial charge in [-0.2, -0.15) is 0 Å². The highest BCUT2D eigenvalue weighted by Crippen LogP contribution is 1.79. The number of rotatable bonds is 4. The van der Waals surface area contributed by atoms with Gasteiger partial charge in [-0.25, -0.2) is 0 Å². The quantitative estimate of drug-likeness (QED) is 0.557. The Bertz CT molecular complexity index is 163. The van der Waals surface area contributed by atoms with E-state index >= 15 is 0 Å². The van der Waals surface area contributed by atoms with Gasteiger partial charge in [-0.3, -0.25) is 4.79 Å². The van der Waals surface area contributed by atoms with E-state index in [1.54, 1.807) is 7.11 Å². The number of carbonyl (C=O) groups excluding carboxylic acids is 1. The highest BCUT2D eigenvalue weighted by Gasteiger charge is 1.75. The Labute approximate surface area is 78.7 Å². The zero-order valence-electron chi connectivity index (χ0n) is 7.77. The normalized spacial score (nSPS) is 8.08. The number of carbonyl (C=O) groups is 1. The highest BCUT2D eigenvalue weighted by molar-refractivity contribution is 5.45. The first-order chi connectivity index (χ1) is 6.41. The van der Waals surface area contributed by atoms with Crippen molar-refractivity contribution in [2.24, 2.45) is 0 Å². The van der Waals surface area contributed by atoms with Crippen LogP contribution in [0, 0.1) is 0 Å². The first-order valence-corrected chi connectivity index (χ1v) is 4.07. The lowest BCUT2D eigenvalue weighted by molar-refractivity contribution is -0.109. The molecule has 0 aromatic heterocycles. The Kier molecular flexibility index (Phi) is 9.54. The number of ether oxygens (including phenoxy) is 1. The van der Waals surface area contributed by atoms with Crippen LogP contribution >= 0.6 is 0 Å². The van der Waals surface area contributed by atoms with Gasteiger partial charge < -0.3 is 10.1 Å². The van der Waals surface area contributed by atoms with Gasteiger partial charge in [-0.05, 0) is 0 Å². The van der Waals surface area contributed by atoms with Crippen molar-refractivity contribution in [1.29, 1.82) is 0 Å². The maximum absolute atomic E-state index is 9.51. The number of methoxy groups -OCH3 is 1. The van der Waals surface area contributed by atoms with Crippen LogP contribution in [0.25, 0.3) is 0 Å². The Morgan fingerprint density at radius 1 is 1.15 bits per heavy atom. The number of hydrogen-bond acceptors (Lipinski definition) is 2. The van der Waals surface area contributed by atoms with E-state index in [4.69, 9.17) is 0 Å². The van der Waals surface area contributed by atoms with Gasteiger partial charge in [0.05, 0.1) is 6.61 Å². The lowest BCUT2D eigenvalue weighted by Crippen LogP contribution is -2.16. The van der Waals surface area contributed by atoms with E-state index in [0.29, 0.717) is 19.6 Å². The largest absolute Gasteiger partial charge is 0.383 e. The first-order valence-electron chi connectivity index (χ1n) is 4.07. The molecule has 0 bridgehead atoms. The van der Waals surface area contributed by atoms with E-state index < -0.39 is 0 Å². The summed E-state index contributed by atoms with van der Waals surface area (Å²) in [6.07, 6.45) is 0.652. The molecule has 3 heteroatoms. The molecule has 1 amide bonds. The van der Waals surface area contributed by atoms with Gasteiger partial charge in [0.25, 0.3) is 0 Å². The van der Waals surface area contributed by atoms with Crippen molar-refractivity contribution >= 4 is 6.41 Å². The molecule has 0 radical (unpaired) electrons. The first kappa shape index (κ1) is 11.6. The summed E-state index contributed by atoms with van der Waals surface area (Å²) >= 11 is 0. The van der Waals surface area contributed by atoms with Gasteiger partial charge in [0.15, 0.2) is 0 Å². The van der Waals surface area contributed by atoms with Crippen molar-refractivity contribution in [3.63, 3.8) is 0 Å². The molecular formula is C10H15NO2. The van der Waals surface area contributed by atoms with Crippen LogP contribution in [-0.4, -0.2) is 26.7 Å². The second kappa shape index (κ2) is 10.7. The molecule has 0 spiro atoms. The Hall–Kier alpha value is -1.35. The molecule has 0 unspecified atom stereocenters. The SMILES string of the molecule is COCCNC=O.c1ccccc1. The zero-order valence-corrected chi connectivity index (χ0v) is 7.77. The van der Waals surface area contributed by atoms with E-state index in [0.717, 1.165) is 0 Å². The van der Waals surface area contributed by atoms with Crippen molar-refractivity contribution in [3.05, 3.63) is 36.4 Å². The lowest BCUT2D eigenvalue weighted by atomic mass is 10.4. The average Bonchev–Trinajstić information content (AvgIpc) is 2.22. The van der Waals surface area contributed by atoms with Crippen LogP contribution in [0.5, 0.6) is 0 Å². The molecule has 1 N–H and O–H groups in total. The van der Waals surface area contributed by atoms with Crippen molar-refractivity contribution < 1.29 is 9.53 Å². The fourth-order valence-electron chi connectivity index (χ4n) is 0.605. The lowest BCUT2D eigenvalue weighted by Gasteiger charge is -1.92. The van der Waals surface area contributed by atoms with Crippen molar-refractivity contribution in [3.8, 4) is 0 Å². The van der Waals surface area contributed by atoms with Gasteiger partial charge >= 0.3 is 0 Å². The second-order valence-corrected chi connectivity index (χ2v) is 2.22. The van der Waals surface area contributed by atoms with E-state index in [2.05, 4.69) is 10.1 Å². The molecule has 0 saturated carbocycles. The van der Waals surface area contributed by atoms with E-state index in [1.807, 2.05) is 36.4 Å². The number of nitrogens with one attached hydrogen (secondary N) is 1. The van der Waals surface area contributed by atoms with Crippen molar-refractivity contribution in [1.82, 2.24) is 5.32 Å². The summed E-state index contributed by atoms with van der Waals surface area (Å²) in [5.41, 5.74) is 0. The van der Waals surface area contributed by atoms with E-state index in [1.165, 1.54) is 0 Å². The van der Waals surface area contributed by atoms with E-state index in [9.17, 15) is 4.79 Å². The Morgan fingerprint density at radius 2 is 1.62 bits per heavy atom. The predicted molar refractivity (Wildman–Crippen MR) is 52.4 cm³/mol. The fourth-order valence-corrected chi connectivity index (χ4v) is 0.605. The monoisotopic (exact) mass is 181 g/mol. The molecule has 72 valence electrons. The topological polar surface area (TPSA) is 38.3 Å². The molecule has 1 aromatic rings. The third kappa shape index (κ3) is 10.7. The van der Waals surface area contributed by atoms with Crippen molar-refractivity contribution in [2.45, 2.75) is 0 Å². The molecular weight excluding hydrogens is 166 g/mol. The molecule has 0 fully saturated rings. The van der Waals surface area contributed by atoms with Gasteiger partial charge in [0.2, 0.25) is 6.41 Å². The third-order valence-electron chi connectivity index (χ3n) is 1.20. The van der Waals surface area contributed by atoms with Crippen molar-refractivity contribution in [2.75, 3.05) is 20.3 Å². The zero-order chi connectivity index (χ0) is 9.78.